The number of anilines is 1. The van der Waals surface area contributed by atoms with E-state index in [0.717, 1.165) is 51.5 Å². The molecule has 3 rings (SSSR count). The van der Waals surface area contributed by atoms with Crippen molar-refractivity contribution in [1.29, 1.82) is 0 Å². The van der Waals surface area contributed by atoms with E-state index in [1.165, 1.54) is 11.3 Å². The second-order valence-corrected chi connectivity index (χ2v) is 7.16. The quantitative estimate of drug-likeness (QED) is 0.232. The molecule has 1 atom stereocenters. The van der Waals surface area contributed by atoms with E-state index in [4.69, 9.17) is 4.74 Å². The third-order valence-electron chi connectivity index (χ3n) is 4.99. The monoisotopic (exact) mass is 508 g/mol. The molecule has 1 heterocycles. The molecule has 1 fully saturated rings. The van der Waals surface area contributed by atoms with Crippen LogP contribution in [0, 0.1) is 0 Å². The van der Waals surface area contributed by atoms with Gasteiger partial charge in [-0.1, -0.05) is 48.5 Å². The number of hydrogen-bond acceptors (Lipinski definition) is 3. The van der Waals surface area contributed by atoms with Crippen LogP contribution in [0.2, 0.25) is 0 Å². The molecule has 0 aliphatic carbocycles. The maximum atomic E-state index is 5.74. The lowest BCUT2D eigenvalue weighted by Gasteiger charge is -2.20. The third-order valence-corrected chi connectivity index (χ3v) is 4.99. The summed E-state index contributed by atoms with van der Waals surface area (Å²) in [5, 5.41) is 6.98. The molecule has 0 radical (unpaired) electrons. The molecule has 0 spiro atoms. The largest absolute Gasteiger partial charge is 0.377 e. The first-order valence-electron chi connectivity index (χ1n) is 10.2. The van der Waals surface area contributed by atoms with E-state index >= 15 is 0 Å². The molecule has 158 valence electrons. The highest BCUT2D eigenvalue weighted by atomic mass is 127. The molecule has 2 N–H and O–H groups in total. The van der Waals surface area contributed by atoms with Gasteiger partial charge in [-0.05, 0) is 37.0 Å². The molecule has 5 nitrogen and oxygen atoms in total. The fourth-order valence-corrected chi connectivity index (χ4v) is 3.44. The Hall–Kier alpha value is -1.80. The minimum atomic E-state index is 0. The highest BCUT2D eigenvalue weighted by Gasteiger charge is 2.23. The molecule has 1 unspecified atom stereocenters. The van der Waals surface area contributed by atoms with Gasteiger partial charge >= 0.3 is 0 Å². The van der Waals surface area contributed by atoms with Crippen LogP contribution < -0.4 is 15.5 Å². The highest BCUT2D eigenvalue weighted by Crippen LogP contribution is 2.19. The zero-order chi connectivity index (χ0) is 19.4. The summed E-state index contributed by atoms with van der Waals surface area (Å²) in [6.07, 6.45) is 3.24. The Bertz CT molecular complexity index is 711. The number of hydrogen-bond donors (Lipinski definition) is 2. The lowest BCUT2D eigenvalue weighted by molar-refractivity contribution is 0.117. The molecule has 0 amide bonds. The van der Waals surface area contributed by atoms with Gasteiger partial charge in [0.05, 0.1) is 6.61 Å². The number of nitrogens with zero attached hydrogens (tertiary/aromatic N) is 2. The second kappa shape index (κ2) is 13.4. The average Bonchev–Trinajstić information content (AvgIpc) is 3.22. The van der Waals surface area contributed by atoms with Crippen molar-refractivity contribution in [3.8, 4) is 0 Å². The molecule has 0 aromatic heterocycles. The predicted molar refractivity (Wildman–Crippen MR) is 132 cm³/mol. The molecule has 2 aromatic rings. The molecule has 6 heteroatoms. The zero-order valence-corrected chi connectivity index (χ0v) is 19.5. The van der Waals surface area contributed by atoms with Gasteiger partial charge in [0.1, 0.15) is 0 Å². The Morgan fingerprint density at radius 2 is 1.79 bits per heavy atom. The molecular weight excluding hydrogens is 475 g/mol. The van der Waals surface area contributed by atoms with Crippen molar-refractivity contribution in [3.63, 3.8) is 0 Å². The topological polar surface area (TPSA) is 48.9 Å². The molecule has 1 aliphatic rings. The van der Waals surface area contributed by atoms with E-state index in [1.54, 1.807) is 0 Å². The van der Waals surface area contributed by atoms with Crippen molar-refractivity contribution in [2.45, 2.75) is 31.9 Å². The summed E-state index contributed by atoms with van der Waals surface area (Å²) in [5.41, 5.74) is 2.52. The average molecular weight is 508 g/mol. The van der Waals surface area contributed by atoms with Crippen molar-refractivity contribution in [2.24, 2.45) is 4.99 Å². The Kier molecular flexibility index (Phi) is 10.9. The van der Waals surface area contributed by atoms with E-state index in [0.29, 0.717) is 12.6 Å². The van der Waals surface area contributed by atoms with Gasteiger partial charge in [-0.2, -0.15) is 0 Å². The van der Waals surface area contributed by atoms with Crippen LogP contribution in [-0.2, 0) is 11.3 Å². The van der Waals surface area contributed by atoms with Crippen molar-refractivity contribution < 1.29 is 4.74 Å². The first kappa shape index (κ1) is 23.5. The number of ether oxygens (including phenoxy) is 1. The Labute approximate surface area is 192 Å². The SMILES string of the molecule is CN=C(NCCCCOCc1ccccc1)NC1CCN(c2ccccc2)C1.I. The second-order valence-electron chi connectivity index (χ2n) is 7.16. The van der Waals surface area contributed by atoms with Crippen molar-refractivity contribution >= 4 is 35.6 Å². The van der Waals surface area contributed by atoms with E-state index < -0.39 is 0 Å². The summed E-state index contributed by atoms with van der Waals surface area (Å²) >= 11 is 0. The van der Waals surface area contributed by atoms with E-state index in [1.807, 2.05) is 25.2 Å². The van der Waals surface area contributed by atoms with Gasteiger partial charge in [0.15, 0.2) is 5.96 Å². The summed E-state index contributed by atoms with van der Waals surface area (Å²) in [4.78, 5) is 6.79. The van der Waals surface area contributed by atoms with Gasteiger partial charge in [-0.3, -0.25) is 4.99 Å². The van der Waals surface area contributed by atoms with Crippen molar-refractivity contribution in [1.82, 2.24) is 10.6 Å². The maximum Gasteiger partial charge on any atom is 0.191 e. The van der Waals surface area contributed by atoms with Gasteiger partial charge in [-0.25, -0.2) is 0 Å². The molecule has 29 heavy (non-hydrogen) atoms. The van der Waals surface area contributed by atoms with Gasteiger partial charge < -0.3 is 20.3 Å². The van der Waals surface area contributed by atoms with Crippen LogP contribution in [0.5, 0.6) is 0 Å². The van der Waals surface area contributed by atoms with Crippen LogP contribution in [0.25, 0.3) is 0 Å². The molecule has 0 bridgehead atoms. The number of nitrogens with one attached hydrogen (secondary N) is 2. The molecule has 0 saturated carbocycles. The number of para-hydroxylation sites is 1. The Morgan fingerprint density at radius 3 is 2.52 bits per heavy atom. The molecule has 1 saturated heterocycles. The standard InChI is InChI=1S/C23H32N4O.HI/c1-24-23(25-15-8-9-17-28-19-20-10-4-2-5-11-20)26-21-14-16-27(18-21)22-12-6-3-7-13-22;/h2-7,10-13,21H,8-9,14-19H2,1H3,(H2,24,25,26);1H. The zero-order valence-electron chi connectivity index (χ0n) is 17.2. The smallest absolute Gasteiger partial charge is 0.191 e. The number of benzene rings is 2. The van der Waals surface area contributed by atoms with E-state index in [2.05, 4.69) is 63.0 Å². The maximum absolute atomic E-state index is 5.74. The van der Waals surface area contributed by atoms with Crippen molar-refractivity contribution in [2.75, 3.05) is 38.2 Å². The van der Waals surface area contributed by atoms with Crippen LogP contribution in [0.3, 0.4) is 0 Å². The third kappa shape index (κ3) is 8.22. The van der Waals surface area contributed by atoms with E-state index in [-0.39, 0.29) is 24.0 Å². The molecule has 1 aliphatic heterocycles. The lowest BCUT2D eigenvalue weighted by Crippen LogP contribution is -2.44. The summed E-state index contributed by atoms with van der Waals surface area (Å²) in [6.45, 7) is 4.48. The van der Waals surface area contributed by atoms with Gasteiger partial charge in [-0.15, -0.1) is 24.0 Å². The summed E-state index contributed by atoms with van der Waals surface area (Å²) in [7, 11) is 1.84. The van der Waals surface area contributed by atoms with Crippen LogP contribution in [-0.4, -0.2) is 45.3 Å². The number of aliphatic imine (C=N–C) groups is 1. The summed E-state index contributed by atoms with van der Waals surface area (Å²) in [6, 6.07) is 21.4. The number of unbranched alkanes of at least 4 members (excludes halogenated alkanes) is 1. The number of guanidine groups is 1. The molecule has 2 aromatic carbocycles. The van der Waals surface area contributed by atoms with Crippen LogP contribution in [0.15, 0.2) is 65.7 Å². The fourth-order valence-electron chi connectivity index (χ4n) is 3.44. The molecular formula is C23H33IN4O. The fraction of sp³-hybridized carbons (Fsp3) is 0.435. The highest BCUT2D eigenvalue weighted by molar-refractivity contribution is 14.0. The predicted octanol–water partition coefficient (Wildman–Crippen LogP) is 4.05. The lowest BCUT2D eigenvalue weighted by atomic mass is 10.2. The van der Waals surface area contributed by atoms with Crippen LogP contribution in [0.4, 0.5) is 5.69 Å². The van der Waals surface area contributed by atoms with Gasteiger partial charge in [0.2, 0.25) is 0 Å². The number of halogens is 1. The van der Waals surface area contributed by atoms with Crippen LogP contribution in [0.1, 0.15) is 24.8 Å². The minimum Gasteiger partial charge on any atom is -0.377 e. The van der Waals surface area contributed by atoms with Gasteiger partial charge in [0, 0.05) is 45.0 Å². The van der Waals surface area contributed by atoms with Crippen LogP contribution >= 0.6 is 24.0 Å². The normalized spacial score (nSPS) is 16.4. The van der Waals surface area contributed by atoms with E-state index in [9.17, 15) is 0 Å². The Morgan fingerprint density at radius 1 is 1.07 bits per heavy atom. The summed E-state index contributed by atoms with van der Waals surface area (Å²) in [5.74, 6) is 0.894. The summed E-state index contributed by atoms with van der Waals surface area (Å²) < 4.78 is 5.74. The Balaban J connectivity index is 0.00000300. The number of rotatable bonds is 9. The van der Waals surface area contributed by atoms with Crippen molar-refractivity contribution in [3.05, 3.63) is 66.2 Å². The minimum absolute atomic E-state index is 0. The first-order valence-corrected chi connectivity index (χ1v) is 10.2. The first-order chi connectivity index (χ1) is 13.8. The van der Waals surface area contributed by atoms with Gasteiger partial charge in [0.25, 0.3) is 0 Å².